The second-order valence-corrected chi connectivity index (χ2v) is 5.98. The van der Waals surface area contributed by atoms with Crippen LogP contribution in [-0.2, 0) is 6.54 Å². The molecule has 1 unspecified atom stereocenters. The zero-order valence-electron chi connectivity index (χ0n) is 13.3. The van der Waals surface area contributed by atoms with Gasteiger partial charge in [0.25, 0.3) is 0 Å². The fraction of sp³-hybridized carbons (Fsp3) is 0.647. The summed E-state index contributed by atoms with van der Waals surface area (Å²) in [4.78, 5) is 5.10. The standard InChI is InChI=1S/C17H28N2O/c1-5-19(6-2)16-7-8-18(12-16)11-15-9-13(3)17(20)14(4)10-15/h9-10,16,20H,5-8,11-12H2,1-4H3. The van der Waals surface area contributed by atoms with Crippen LogP contribution < -0.4 is 0 Å². The van der Waals surface area contributed by atoms with Crippen LogP contribution in [0.1, 0.15) is 37.0 Å². The van der Waals surface area contributed by atoms with Crippen LogP contribution in [-0.4, -0.2) is 47.1 Å². The fourth-order valence-electron chi connectivity index (χ4n) is 3.39. The molecule has 1 aliphatic heterocycles. The lowest BCUT2D eigenvalue weighted by atomic mass is 10.1. The van der Waals surface area contributed by atoms with Crippen LogP contribution in [0.4, 0.5) is 0 Å². The number of rotatable bonds is 5. The van der Waals surface area contributed by atoms with Crippen molar-refractivity contribution in [1.29, 1.82) is 0 Å². The Kier molecular flexibility index (Phi) is 5.06. The third kappa shape index (κ3) is 3.33. The highest BCUT2D eigenvalue weighted by Crippen LogP contribution is 2.25. The first-order valence-corrected chi connectivity index (χ1v) is 7.80. The Hall–Kier alpha value is -1.06. The Morgan fingerprint density at radius 2 is 1.80 bits per heavy atom. The van der Waals surface area contributed by atoms with E-state index in [0.29, 0.717) is 11.8 Å². The largest absolute Gasteiger partial charge is 0.507 e. The minimum Gasteiger partial charge on any atom is -0.507 e. The van der Waals surface area contributed by atoms with Crippen LogP contribution in [0.2, 0.25) is 0 Å². The maximum Gasteiger partial charge on any atom is 0.121 e. The predicted octanol–water partition coefficient (Wildman–Crippen LogP) is 2.93. The number of likely N-dealkylation sites (tertiary alicyclic amines) is 1. The molecule has 1 aliphatic rings. The average molecular weight is 276 g/mol. The number of hydrogen-bond donors (Lipinski definition) is 1. The van der Waals surface area contributed by atoms with Gasteiger partial charge in [0.1, 0.15) is 5.75 Å². The summed E-state index contributed by atoms with van der Waals surface area (Å²) < 4.78 is 0. The van der Waals surface area contributed by atoms with E-state index in [4.69, 9.17) is 0 Å². The molecule has 1 aromatic rings. The predicted molar refractivity (Wildman–Crippen MR) is 84.2 cm³/mol. The molecule has 0 aliphatic carbocycles. The molecule has 0 amide bonds. The number of nitrogens with zero attached hydrogens (tertiary/aromatic N) is 2. The maximum atomic E-state index is 9.85. The lowest BCUT2D eigenvalue weighted by Crippen LogP contribution is -2.37. The lowest BCUT2D eigenvalue weighted by Gasteiger charge is -2.26. The second kappa shape index (κ2) is 6.59. The van der Waals surface area contributed by atoms with Crippen molar-refractivity contribution in [2.75, 3.05) is 26.2 Å². The summed E-state index contributed by atoms with van der Waals surface area (Å²) in [7, 11) is 0. The highest BCUT2D eigenvalue weighted by Gasteiger charge is 2.26. The molecule has 0 aromatic heterocycles. The van der Waals surface area contributed by atoms with Crippen molar-refractivity contribution in [2.45, 2.75) is 46.7 Å². The molecule has 0 saturated carbocycles. The number of likely N-dealkylation sites (N-methyl/N-ethyl adjacent to an activating group) is 1. The Labute approximate surface area is 123 Å². The molecule has 1 atom stereocenters. The molecule has 112 valence electrons. The van der Waals surface area contributed by atoms with E-state index in [0.717, 1.165) is 30.8 Å². The number of aromatic hydroxyl groups is 1. The number of aryl methyl sites for hydroxylation is 2. The van der Waals surface area contributed by atoms with Crippen LogP contribution in [0, 0.1) is 13.8 Å². The molecule has 1 N–H and O–H groups in total. The van der Waals surface area contributed by atoms with Crippen LogP contribution in [0.3, 0.4) is 0 Å². The van der Waals surface area contributed by atoms with Crippen molar-refractivity contribution in [1.82, 2.24) is 9.80 Å². The fourth-order valence-corrected chi connectivity index (χ4v) is 3.39. The number of phenolic OH excluding ortho intramolecular Hbond substituents is 1. The smallest absolute Gasteiger partial charge is 0.121 e. The second-order valence-electron chi connectivity index (χ2n) is 5.98. The van der Waals surface area contributed by atoms with Crippen LogP contribution in [0.15, 0.2) is 12.1 Å². The van der Waals surface area contributed by atoms with Gasteiger partial charge in [0.15, 0.2) is 0 Å². The van der Waals surface area contributed by atoms with E-state index in [2.05, 4.69) is 35.8 Å². The van der Waals surface area contributed by atoms with Crippen molar-refractivity contribution < 1.29 is 5.11 Å². The van der Waals surface area contributed by atoms with Gasteiger partial charge in [-0.15, -0.1) is 0 Å². The molecule has 0 spiro atoms. The molecule has 0 radical (unpaired) electrons. The minimum absolute atomic E-state index is 0.441. The molecule has 1 heterocycles. The molecule has 3 nitrogen and oxygen atoms in total. The normalized spacial score (nSPS) is 19.9. The summed E-state index contributed by atoms with van der Waals surface area (Å²) in [5.74, 6) is 0.441. The molecular formula is C17H28N2O. The van der Waals surface area contributed by atoms with E-state index in [1.54, 1.807) is 0 Å². The van der Waals surface area contributed by atoms with E-state index in [9.17, 15) is 5.11 Å². The van der Waals surface area contributed by atoms with Gasteiger partial charge in [0, 0.05) is 25.7 Å². The Bertz CT molecular complexity index is 431. The van der Waals surface area contributed by atoms with Crippen molar-refractivity contribution in [2.24, 2.45) is 0 Å². The highest BCUT2D eigenvalue weighted by molar-refractivity contribution is 5.42. The van der Waals surface area contributed by atoms with Gasteiger partial charge in [-0.1, -0.05) is 26.0 Å². The first-order chi connectivity index (χ1) is 9.55. The first kappa shape index (κ1) is 15.3. The van der Waals surface area contributed by atoms with Gasteiger partial charge in [0.05, 0.1) is 0 Å². The minimum atomic E-state index is 0.441. The first-order valence-electron chi connectivity index (χ1n) is 7.80. The molecule has 1 fully saturated rings. The molecule has 20 heavy (non-hydrogen) atoms. The summed E-state index contributed by atoms with van der Waals surface area (Å²) in [5, 5.41) is 9.85. The molecule has 2 rings (SSSR count). The highest BCUT2D eigenvalue weighted by atomic mass is 16.3. The summed E-state index contributed by atoms with van der Waals surface area (Å²) in [5.41, 5.74) is 3.29. The third-order valence-corrected chi connectivity index (χ3v) is 4.53. The van der Waals surface area contributed by atoms with E-state index < -0.39 is 0 Å². The molecule has 1 aromatic carbocycles. The van der Waals surface area contributed by atoms with Crippen molar-refractivity contribution in [3.63, 3.8) is 0 Å². The molecule has 0 bridgehead atoms. The summed E-state index contributed by atoms with van der Waals surface area (Å²) in [6.07, 6.45) is 1.28. The molecular weight excluding hydrogens is 248 g/mol. The van der Waals surface area contributed by atoms with Gasteiger partial charge in [-0.3, -0.25) is 9.80 Å². The van der Waals surface area contributed by atoms with Gasteiger partial charge in [0.2, 0.25) is 0 Å². The van der Waals surface area contributed by atoms with Gasteiger partial charge in [-0.2, -0.15) is 0 Å². The summed E-state index contributed by atoms with van der Waals surface area (Å²) in [6.45, 7) is 14.1. The number of benzene rings is 1. The molecule has 3 heteroatoms. The summed E-state index contributed by atoms with van der Waals surface area (Å²) in [6, 6.07) is 4.95. The average Bonchev–Trinajstić information content (AvgIpc) is 2.86. The van der Waals surface area contributed by atoms with Gasteiger partial charge < -0.3 is 5.11 Å². The van der Waals surface area contributed by atoms with E-state index >= 15 is 0 Å². The lowest BCUT2D eigenvalue weighted by molar-refractivity contribution is 0.209. The Morgan fingerprint density at radius 1 is 1.20 bits per heavy atom. The SMILES string of the molecule is CCN(CC)C1CCN(Cc2cc(C)c(O)c(C)c2)C1. The van der Waals surface area contributed by atoms with Crippen LogP contribution in [0.25, 0.3) is 0 Å². The van der Waals surface area contributed by atoms with E-state index in [-0.39, 0.29) is 0 Å². The Morgan fingerprint density at radius 3 is 2.35 bits per heavy atom. The number of hydrogen-bond acceptors (Lipinski definition) is 3. The van der Waals surface area contributed by atoms with Gasteiger partial charge in [-0.25, -0.2) is 0 Å². The maximum absolute atomic E-state index is 9.85. The van der Waals surface area contributed by atoms with Crippen molar-refractivity contribution in [3.05, 3.63) is 28.8 Å². The number of phenols is 1. The van der Waals surface area contributed by atoms with Crippen molar-refractivity contribution >= 4 is 0 Å². The van der Waals surface area contributed by atoms with Crippen molar-refractivity contribution in [3.8, 4) is 5.75 Å². The zero-order chi connectivity index (χ0) is 14.7. The van der Waals surface area contributed by atoms with Crippen LogP contribution in [0.5, 0.6) is 5.75 Å². The van der Waals surface area contributed by atoms with E-state index in [1.165, 1.54) is 25.1 Å². The topological polar surface area (TPSA) is 26.7 Å². The van der Waals surface area contributed by atoms with Gasteiger partial charge >= 0.3 is 0 Å². The third-order valence-electron chi connectivity index (χ3n) is 4.53. The Balaban J connectivity index is 1.99. The monoisotopic (exact) mass is 276 g/mol. The summed E-state index contributed by atoms with van der Waals surface area (Å²) >= 11 is 0. The zero-order valence-corrected chi connectivity index (χ0v) is 13.3. The van der Waals surface area contributed by atoms with Gasteiger partial charge in [-0.05, 0) is 50.0 Å². The van der Waals surface area contributed by atoms with E-state index in [1.807, 2.05) is 13.8 Å². The van der Waals surface area contributed by atoms with Crippen LogP contribution >= 0.6 is 0 Å². The quantitative estimate of drug-likeness (QED) is 0.896. The molecule has 1 saturated heterocycles.